The molecule has 0 amide bonds. The topological polar surface area (TPSA) is 9.23 Å². The van der Waals surface area contributed by atoms with Crippen molar-refractivity contribution in [3.8, 4) is 5.75 Å². The van der Waals surface area contributed by atoms with E-state index in [0.29, 0.717) is 12.0 Å². The van der Waals surface area contributed by atoms with Gasteiger partial charge < -0.3 is 4.74 Å². The summed E-state index contributed by atoms with van der Waals surface area (Å²) in [6.07, 6.45) is 14.0. The normalized spacial score (nSPS) is 13.8. The first-order valence-corrected chi connectivity index (χ1v) is 10.8. The molecule has 1 aromatic rings. The van der Waals surface area contributed by atoms with Crippen LogP contribution in [0.2, 0.25) is 0 Å². The van der Waals surface area contributed by atoms with Crippen LogP contribution in [0.3, 0.4) is 0 Å². The van der Waals surface area contributed by atoms with E-state index in [2.05, 4.69) is 46.8 Å². The molecular formula is C24H33OTi. The van der Waals surface area contributed by atoms with Gasteiger partial charge in [-0.15, -0.1) is 0 Å². The molecule has 139 valence electrons. The van der Waals surface area contributed by atoms with Crippen molar-refractivity contribution in [3.63, 3.8) is 0 Å². The molecule has 0 atom stereocenters. The van der Waals surface area contributed by atoms with Gasteiger partial charge in [0.05, 0.1) is 0 Å². The Bertz CT molecular complexity index is 679. The van der Waals surface area contributed by atoms with Crippen molar-refractivity contribution < 1.29 is 23.4 Å². The van der Waals surface area contributed by atoms with Crippen LogP contribution in [-0.2, 0) is 18.7 Å². The first-order valence-electron chi connectivity index (χ1n) is 9.27. The molecule has 0 aromatic heterocycles. The molecule has 2 rings (SSSR count). The van der Waals surface area contributed by atoms with E-state index in [1.807, 2.05) is 61.6 Å². The Morgan fingerprint density at radius 1 is 1.12 bits per heavy atom. The van der Waals surface area contributed by atoms with Crippen LogP contribution in [-0.4, -0.2) is 10.4 Å². The number of rotatable bonds is 5. The van der Waals surface area contributed by atoms with E-state index < -0.39 is 0 Å². The number of benzene rings is 1. The summed E-state index contributed by atoms with van der Waals surface area (Å²) in [5.41, 5.74) is 1.88. The second kappa shape index (κ2) is 12.0. The molecule has 2 heteroatoms. The van der Waals surface area contributed by atoms with Crippen molar-refractivity contribution >= 4 is 3.81 Å². The van der Waals surface area contributed by atoms with Crippen LogP contribution in [0.25, 0.3) is 0 Å². The molecule has 0 saturated carbocycles. The van der Waals surface area contributed by atoms with Gasteiger partial charge >= 0.3 is 90.6 Å². The molecule has 0 aliphatic heterocycles. The monoisotopic (exact) mass is 385 g/mol. The van der Waals surface area contributed by atoms with Gasteiger partial charge in [-0.05, 0) is 25.1 Å². The van der Waals surface area contributed by atoms with E-state index in [1.165, 1.54) is 12.0 Å². The van der Waals surface area contributed by atoms with Crippen LogP contribution >= 0.6 is 0 Å². The van der Waals surface area contributed by atoms with Crippen LogP contribution in [0.4, 0.5) is 0 Å². The molecule has 0 N–H and O–H groups in total. The average Bonchev–Trinajstić information content (AvgIpc) is 3.04. The molecule has 0 heterocycles. The molecule has 0 fully saturated rings. The van der Waals surface area contributed by atoms with Crippen molar-refractivity contribution in [2.45, 2.75) is 48.0 Å². The third-order valence-corrected chi connectivity index (χ3v) is 5.50. The molecule has 0 saturated heterocycles. The molecular weight excluding hydrogens is 352 g/mol. The van der Waals surface area contributed by atoms with Crippen molar-refractivity contribution in [1.82, 2.24) is 0 Å². The number of hydrogen-bond donors (Lipinski definition) is 0. The van der Waals surface area contributed by atoms with Gasteiger partial charge in [0.2, 0.25) is 0 Å². The predicted molar refractivity (Wildman–Crippen MR) is 112 cm³/mol. The summed E-state index contributed by atoms with van der Waals surface area (Å²) in [4.78, 5) is 0. The first-order chi connectivity index (χ1) is 12.3. The minimum absolute atomic E-state index is 0.0803. The third kappa shape index (κ3) is 9.89. The number of hydrogen-bond acceptors (Lipinski definition) is 1. The minimum atomic E-state index is 0.0803. The van der Waals surface area contributed by atoms with E-state index in [-0.39, 0.29) is 18.7 Å². The van der Waals surface area contributed by atoms with Gasteiger partial charge in [0.1, 0.15) is 12.4 Å². The van der Waals surface area contributed by atoms with Crippen LogP contribution in [0.15, 0.2) is 76.2 Å². The Balaban J connectivity index is 0.000000260. The van der Waals surface area contributed by atoms with Crippen LogP contribution in [0.5, 0.6) is 5.75 Å². The molecule has 1 aromatic carbocycles. The fourth-order valence-electron chi connectivity index (χ4n) is 2.36. The van der Waals surface area contributed by atoms with E-state index in [9.17, 15) is 0 Å². The van der Waals surface area contributed by atoms with Crippen LogP contribution in [0, 0.1) is 5.41 Å². The van der Waals surface area contributed by atoms with Crippen molar-refractivity contribution in [1.29, 1.82) is 0 Å². The summed E-state index contributed by atoms with van der Waals surface area (Å²) < 4.78 is 8.76. The van der Waals surface area contributed by atoms with Crippen molar-refractivity contribution in [2.75, 3.05) is 6.61 Å². The maximum absolute atomic E-state index is 5.43. The molecule has 0 bridgehead atoms. The van der Waals surface area contributed by atoms with Crippen LogP contribution in [0.1, 0.15) is 48.0 Å². The first kappa shape index (κ1) is 22.6. The zero-order valence-electron chi connectivity index (χ0n) is 17.2. The Morgan fingerprint density at radius 2 is 1.81 bits per heavy atom. The number of ether oxygens (including phenoxy) is 1. The van der Waals surface area contributed by atoms with Gasteiger partial charge in [0.25, 0.3) is 0 Å². The summed E-state index contributed by atoms with van der Waals surface area (Å²) >= 11 is 0.0803. The number of allylic oxidation sites excluding steroid dienone is 7. The Kier molecular flexibility index (Phi) is 10.5. The Morgan fingerprint density at radius 3 is 2.35 bits per heavy atom. The SMILES string of the molecule is CC=CC=CCOc1ccccc1.C[C](C)=[Ti][C]1=CC(C(C)(C)C)=CC1. The third-order valence-electron chi connectivity index (χ3n) is 3.68. The maximum atomic E-state index is 5.43. The van der Waals surface area contributed by atoms with Crippen molar-refractivity contribution in [3.05, 3.63) is 76.2 Å². The summed E-state index contributed by atoms with van der Waals surface area (Å²) in [6.45, 7) is 14.0. The van der Waals surface area contributed by atoms with Crippen LogP contribution < -0.4 is 4.74 Å². The van der Waals surface area contributed by atoms with Crippen molar-refractivity contribution in [2.24, 2.45) is 5.41 Å². The van der Waals surface area contributed by atoms with Gasteiger partial charge in [-0.2, -0.15) is 0 Å². The van der Waals surface area contributed by atoms with E-state index in [1.54, 1.807) is 7.69 Å². The molecule has 0 spiro atoms. The summed E-state index contributed by atoms with van der Waals surface area (Å²) in [5, 5.41) is 0. The van der Waals surface area contributed by atoms with E-state index in [4.69, 9.17) is 4.74 Å². The van der Waals surface area contributed by atoms with Gasteiger partial charge in [-0.3, -0.25) is 0 Å². The molecule has 1 nitrogen and oxygen atoms in total. The Labute approximate surface area is 169 Å². The van der Waals surface area contributed by atoms with Gasteiger partial charge in [-0.1, -0.05) is 36.4 Å². The fourth-order valence-corrected chi connectivity index (χ4v) is 4.04. The molecule has 0 unspecified atom stereocenters. The zero-order valence-corrected chi connectivity index (χ0v) is 18.7. The average molecular weight is 385 g/mol. The molecule has 1 aliphatic rings. The van der Waals surface area contributed by atoms with Gasteiger partial charge in [-0.25, -0.2) is 0 Å². The quantitative estimate of drug-likeness (QED) is 0.403. The van der Waals surface area contributed by atoms with E-state index >= 15 is 0 Å². The fraction of sp³-hybridized carbons (Fsp3) is 0.375. The van der Waals surface area contributed by atoms with Gasteiger partial charge in [0.15, 0.2) is 0 Å². The second-order valence-corrected chi connectivity index (χ2v) is 10.4. The molecule has 0 radical (unpaired) electrons. The van der Waals surface area contributed by atoms with Gasteiger partial charge in [0, 0.05) is 0 Å². The molecule has 1 aliphatic carbocycles. The standard InChI is InChI=1S/C12H14O.C9H13.C3H6.Ti/c1-2-3-4-8-11-13-12-9-6-5-7-10-12;1-9(2,3)8-6-4-5-7-8;1-3-2;/h2-10H,11H2,1H3;6-7H,4H2,1-3H3;1-2H3;. The zero-order chi connectivity index (χ0) is 19.4. The summed E-state index contributed by atoms with van der Waals surface area (Å²) in [5.74, 6) is 0.910. The molecule has 26 heavy (non-hydrogen) atoms. The van der Waals surface area contributed by atoms with E-state index in [0.717, 1.165) is 5.75 Å². The summed E-state index contributed by atoms with van der Waals surface area (Å²) in [7, 11) is 0. The summed E-state index contributed by atoms with van der Waals surface area (Å²) in [6, 6.07) is 9.80. The second-order valence-electron chi connectivity index (χ2n) is 7.49. The number of para-hydroxylation sites is 1. The predicted octanol–water partition coefficient (Wildman–Crippen LogP) is 6.74. The Hall–Kier alpha value is -1.44.